The van der Waals surface area contributed by atoms with Gasteiger partial charge in [-0.25, -0.2) is 9.37 Å². The second kappa shape index (κ2) is 3.96. The summed E-state index contributed by atoms with van der Waals surface area (Å²) in [5, 5.41) is 0.00745. The molecule has 0 aliphatic heterocycles. The van der Waals surface area contributed by atoms with Gasteiger partial charge in [-0.3, -0.25) is 4.98 Å². The minimum atomic E-state index is -0.544. The predicted octanol–water partition coefficient (Wildman–Crippen LogP) is 3.26. The molecule has 4 nitrogen and oxygen atoms in total. The molecule has 2 aromatic heterocycles. The molecule has 6 heteroatoms. The van der Waals surface area contributed by atoms with Gasteiger partial charge in [-0.05, 0) is 12.1 Å². The molecular weight excluding hydrogens is 257 g/mol. The Bertz CT molecular complexity index is 702. The Hall–Kier alpha value is -2.14. The smallest absolute Gasteiger partial charge is 0.228 e. The zero-order valence-corrected chi connectivity index (χ0v) is 9.78. The predicted molar refractivity (Wildman–Crippen MR) is 66.6 cm³/mol. The van der Waals surface area contributed by atoms with Crippen molar-refractivity contribution in [3.63, 3.8) is 0 Å². The van der Waals surface area contributed by atoms with Crippen molar-refractivity contribution in [3.05, 3.63) is 41.4 Å². The summed E-state index contributed by atoms with van der Waals surface area (Å²) in [6.07, 6.45) is 3.09. The van der Waals surface area contributed by atoms with E-state index in [-0.39, 0.29) is 5.02 Å². The Morgan fingerprint density at radius 2 is 2.06 bits per heavy atom. The van der Waals surface area contributed by atoms with E-state index in [4.69, 9.17) is 21.8 Å². The fourth-order valence-electron chi connectivity index (χ4n) is 1.62. The number of halogens is 2. The van der Waals surface area contributed by atoms with Crippen LogP contribution in [0.3, 0.4) is 0 Å². The molecule has 1 aromatic carbocycles. The molecule has 3 aromatic rings. The number of benzene rings is 1. The monoisotopic (exact) mass is 263 g/mol. The highest BCUT2D eigenvalue weighted by atomic mass is 35.5. The van der Waals surface area contributed by atoms with Crippen LogP contribution in [0.15, 0.2) is 35.0 Å². The highest BCUT2D eigenvalue weighted by Gasteiger charge is 2.11. The van der Waals surface area contributed by atoms with E-state index in [2.05, 4.69) is 9.97 Å². The van der Waals surface area contributed by atoms with Crippen LogP contribution in [-0.4, -0.2) is 9.97 Å². The SMILES string of the molecule is Nc1cncc(-c2nc3cc(Cl)c(F)cc3o2)c1. The highest BCUT2D eigenvalue weighted by molar-refractivity contribution is 6.31. The van der Waals surface area contributed by atoms with Crippen LogP contribution in [0, 0.1) is 5.82 Å². The number of hydrogen-bond donors (Lipinski definition) is 1. The molecule has 2 N–H and O–H groups in total. The van der Waals surface area contributed by atoms with E-state index in [1.165, 1.54) is 18.3 Å². The minimum Gasteiger partial charge on any atom is -0.436 e. The van der Waals surface area contributed by atoms with Crippen LogP contribution in [0.25, 0.3) is 22.6 Å². The van der Waals surface area contributed by atoms with Gasteiger partial charge in [-0.1, -0.05) is 11.6 Å². The highest BCUT2D eigenvalue weighted by Crippen LogP contribution is 2.28. The minimum absolute atomic E-state index is 0.00745. The quantitative estimate of drug-likeness (QED) is 0.732. The lowest BCUT2D eigenvalue weighted by Gasteiger charge is -1.95. The van der Waals surface area contributed by atoms with Crippen molar-refractivity contribution in [2.75, 3.05) is 5.73 Å². The molecule has 0 aliphatic rings. The lowest BCUT2D eigenvalue weighted by molar-refractivity contribution is 0.602. The van der Waals surface area contributed by atoms with Gasteiger partial charge in [0, 0.05) is 18.5 Å². The van der Waals surface area contributed by atoms with Crippen molar-refractivity contribution in [1.29, 1.82) is 0 Å². The van der Waals surface area contributed by atoms with Crippen molar-refractivity contribution in [2.45, 2.75) is 0 Å². The molecule has 0 aliphatic carbocycles. The second-order valence-electron chi connectivity index (χ2n) is 3.76. The fraction of sp³-hybridized carbons (Fsp3) is 0. The average molecular weight is 264 g/mol. The Labute approximate surface area is 106 Å². The van der Waals surface area contributed by atoms with Crippen molar-refractivity contribution < 1.29 is 8.81 Å². The van der Waals surface area contributed by atoms with E-state index in [1.54, 1.807) is 12.3 Å². The third-order valence-electron chi connectivity index (χ3n) is 2.44. The maximum absolute atomic E-state index is 13.3. The number of aromatic nitrogens is 2. The zero-order chi connectivity index (χ0) is 12.7. The van der Waals surface area contributed by atoms with Crippen LogP contribution < -0.4 is 5.73 Å². The first-order valence-electron chi connectivity index (χ1n) is 5.10. The van der Waals surface area contributed by atoms with Crippen LogP contribution in [0.2, 0.25) is 5.02 Å². The molecular formula is C12H7ClFN3O. The van der Waals surface area contributed by atoms with Gasteiger partial charge in [0.1, 0.15) is 11.3 Å². The first kappa shape index (κ1) is 11.0. The topological polar surface area (TPSA) is 64.9 Å². The van der Waals surface area contributed by atoms with Crippen LogP contribution in [-0.2, 0) is 0 Å². The molecule has 90 valence electrons. The van der Waals surface area contributed by atoms with E-state index in [0.29, 0.717) is 28.2 Å². The molecule has 0 radical (unpaired) electrons. The van der Waals surface area contributed by atoms with Crippen LogP contribution in [0.5, 0.6) is 0 Å². The first-order chi connectivity index (χ1) is 8.63. The van der Waals surface area contributed by atoms with Gasteiger partial charge in [0.2, 0.25) is 5.89 Å². The van der Waals surface area contributed by atoms with Crippen LogP contribution >= 0.6 is 11.6 Å². The van der Waals surface area contributed by atoms with Crippen LogP contribution in [0.1, 0.15) is 0 Å². The van der Waals surface area contributed by atoms with E-state index in [1.807, 2.05) is 0 Å². The van der Waals surface area contributed by atoms with Gasteiger partial charge in [-0.15, -0.1) is 0 Å². The first-order valence-corrected chi connectivity index (χ1v) is 5.48. The molecule has 3 rings (SSSR count). The summed E-state index contributed by atoms with van der Waals surface area (Å²) in [5.41, 5.74) is 7.57. The average Bonchev–Trinajstić information content (AvgIpc) is 2.73. The number of oxazole rings is 1. The number of rotatable bonds is 1. The van der Waals surface area contributed by atoms with Gasteiger partial charge < -0.3 is 10.2 Å². The third kappa shape index (κ3) is 1.78. The van der Waals surface area contributed by atoms with E-state index in [0.717, 1.165) is 0 Å². The maximum Gasteiger partial charge on any atom is 0.228 e. The van der Waals surface area contributed by atoms with E-state index >= 15 is 0 Å². The number of pyridine rings is 1. The molecule has 2 heterocycles. The third-order valence-corrected chi connectivity index (χ3v) is 2.73. The summed E-state index contributed by atoms with van der Waals surface area (Å²) >= 11 is 5.68. The van der Waals surface area contributed by atoms with Crippen LogP contribution in [0.4, 0.5) is 10.1 Å². The number of hydrogen-bond acceptors (Lipinski definition) is 4. The Balaban J connectivity index is 2.19. The molecule has 0 atom stereocenters. The standard InChI is InChI=1S/C12H7ClFN3O/c13-8-2-10-11(3-9(8)14)18-12(17-10)6-1-7(15)5-16-4-6/h1-5H,15H2. The van der Waals surface area contributed by atoms with Gasteiger partial charge in [0.15, 0.2) is 5.58 Å². The van der Waals surface area contributed by atoms with E-state index in [9.17, 15) is 4.39 Å². The van der Waals surface area contributed by atoms with Gasteiger partial charge in [0.25, 0.3) is 0 Å². The zero-order valence-electron chi connectivity index (χ0n) is 9.02. The summed E-state index contributed by atoms with van der Waals surface area (Å²) in [5.74, 6) is -0.218. The summed E-state index contributed by atoms with van der Waals surface area (Å²) in [7, 11) is 0. The van der Waals surface area contributed by atoms with Gasteiger partial charge >= 0.3 is 0 Å². The number of anilines is 1. The number of fused-ring (bicyclic) bond motifs is 1. The number of nitrogens with zero attached hydrogens (tertiary/aromatic N) is 2. The van der Waals surface area contributed by atoms with Crippen molar-refractivity contribution in [1.82, 2.24) is 9.97 Å². The van der Waals surface area contributed by atoms with Gasteiger partial charge in [-0.2, -0.15) is 0 Å². The molecule has 0 saturated carbocycles. The summed E-state index contributed by atoms with van der Waals surface area (Å²) in [6.45, 7) is 0. The van der Waals surface area contributed by atoms with E-state index < -0.39 is 5.82 Å². The van der Waals surface area contributed by atoms with Crippen molar-refractivity contribution >= 4 is 28.4 Å². The van der Waals surface area contributed by atoms with Gasteiger partial charge in [0.05, 0.1) is 16.3 Å². The largest absolute Gasteiger partial charge is 0.436 e. The Kier molecular flexibility index (Phi) is 2.41. The van der Waals surface area contributed by atoms with Crippen molar-refractivity contribution in [3.8, 4) is 11.5 Å². The molecule has 0 saturated heterocycles. The molecule has 0 fully saturated rings. The molecule has 0 bridgehead atoms. The molecule has 0 spiro atoms. The second-order valence-corrected chi connectivity index (χ2v) is 4.17. The van der Waals surface area contributed by atoms with Crippen molar-refractivity contribution in [2.24, 2.45) is 0 Å². The number of nitrogens with two attached hydrogens (primary N) is 1. The lowest BCUT2D eigenvalue weighted by atomic mass is 10.2. The summed E-state index contributed by atoms with van der Waals surface area (Å²) < 4.78 is 18.7. The molecule has 0 amide bonds. The maximum atomic E-state index is 13.3. The molecule has 18 heavy (non-hydrogen) atoms. The normalized spacial score (nSPS) is 11.0. The Morgan fingerprint density at radius 3 is 2.83 bits per heavy atom. The Morgan fingerprint density at radius 1 is 1.22 bits per heavy atom. The summed E-state index contributed by atoms with van der Waals surface area (Å²) in [6, 6.07) is 4.29. The summed E-state index contributed by atoms with van der Waals surface area (Å²) in [4.78, 5) is 8.15. The number of nitrogen functional groups attached to an aromatic ring is 1. The molecule has 0 unspecified atom stereocenters. The fourth-order valence-corrected chi connectivity index (χ4v) is 1.78. The lowest BCUT2D eigenvalue weighted by Crippen LogP contribution is -1.87.